The largest absolute Gasteiger partial charge is 0.349 e. The van der Waals surface area contributed by atoms with Crippen molar-refractivity contribution in [1.29, 1.82) is 0 Å². The van der Waals surface area contributed by atoms with E-state index in [0.717, 1.165) is 20.0 Å². The minimum atomic E-state index is -0.0136. The summed E-state index contributed by atoms with van der Waals surface area (Å²) in [7, 11) is 0. The van der Waals surface area contributed by atoms with Gasteiger partial charge in [-0.05, 0) is 6.92 Å². The molecule has 2 rings (SSSR count). The second-order valence-corrected chi connectivity index (χ2v) is 8.88. The Kier molecular flexibility index (Phi) is 5.34. The summed E-state index contributed by atoms with van der Waals surface area (Å²) in [5.74, 6) is 0.340. The minimum absolute atomic E-state index is 0.0136. The second kappa shape index (κ2) is 6.85. The van der Waals surface area contributed by atoms with Gasteiger partial charge in [0.15, 0.2) is 4.34 Å². The molecule has 1 amide bonds. The number of carbonyl (C=O) groups is 1. The molecule has 114 valence electrons. The maximum atomic E-state index is 11.8. The zero-order chi connectivity index (χ0) is 15.5. The van der Waals surface area contributed by atoms with E-state index in [9.17, 15) is 4.79 Å². The third-order valence-electron chi connectivity index (χ3n) is 2.59. The van der Waals surface area contributed by atoms with Crippen LogP contribution in [0.5, 0.6) is 0 Å². The van der Waals surface area contributed by atoms with E-state index in [0.29, 0.717) is 12.3 Å². The fraction of sp³-hybridized carbons (Fsp3) is 0.538. The van der Waals surface area contributed by atoms with E-state index in [-0.39, 0.29) is 11.3 Å². The van der Waals surface area contributed by atoms with Crippen LogP contribution in [0.25, 0.3) is 0 Å². The van der Waals surface area contributed by atoms with Crippen LogP contribution in [0.4, 0.5) is 0 Å². The van der Waals surface area contributed by atoms with Gasteiger partial charge in [0.25, 0.3) is 0 Å². The molecule has 2 aromatic heterocycles. The lowest BCUT2D eigenvalue weighted by Crippen LogP contribution is -2.24. The minimum Gasteiger partial charge on any atom is -0.349 e. The van der Waals surface area contributed by atoms with Crippen molar-refractivity contribution in [3.8, 4) is 0 Å². The Balaban J connectivity index is 1.77. The smallest absolute Gasteiger partial charge is 0.230 e. The Labute approximate surface area is 136 Å². The lowest BCUT2D eigenvalue weighted by Gasteiger charge is -2.14. The summed E-state index contributed by atoms with van der Waals surface area (Å²) in [4.78, 5) is 16.4. The molecule has 0 bridgehead atoms. The summed E-state index contributed by atoms with van der Waals surface area (Å²) in [6.07, 6.45) is 0. The van der Waals surface area contributed by atoms with E-state index in [1.807, 2.05) is 6.92 Å². The Bertz CT molecular complexity index is 615. The van der Waals surface area contributed by atoms with Crippen molar-refractivity contribution in [2.75, 3.05) is 5.75 Å². The molecule has 0 saturated carbocycles. The van der Waals surface area contributed by atoms with Crippen LogP contribution < -0.4 is 5.32 Å². The number of nitrogens with one attached hydrogen (secondary N) is 1. The summed E-state index contributed by atoms with van der Waals surface area (Å²) >= 11 is 4.49. The van der Waals surface area contributed by atoms with Crippen LogP contribution in [-0.2, 0) is 16.8 Å². The first-order valence-corrected chi connectivity index (χ1v) is 9.17. The molecule has 1 N–H and O–H groups in total. The van der Waals surface area contributed by atoms with Crippen LogP contribution in [0.15, 0.2) is 9.72 Å². The fourth-order valence-corrected chi connectivity index (χ4v) is 4.03. The number of aromatic nitrogens is 3. The van der Waals surface area contributed by atoms with Gasteiger partial charge >= 0.3 is 0 Å². The number of nitrogens with zero attached hydrogens (tertiary/aromatic N) is 3. The normalized spacial score (nSPS) is 11.6. The standard InChI is InChI=1S/C13H18N4OS3/c1-8-16-17-12(21-8)20-7-10(18)14-5-11-15-9(6-19-11)13(2,3)4/h6H,5,7H2,1-4H3,(H,14,18). The van der Waals surface area contributed by atoms with Gasteiger partial charge in [-0.1, -0.05) is 43.9 Å². The molecule has 5 nitrogen and oxygen atoms in total. The van der Waals surface area contributed by atoms with E-state index in [2.05, 4.69) is 46.6 Å². The first kappa shape index (κ1) is 16.4. The number of thiazole rings is 1. The molecule has 8 heteroatoms. The number of hydrogen-bond acceptors (Lipinski definition) is 7. The van der Waals surface area contributed by atoms with E-state index >= 15 is 0 Å². The van der Waals surface area contributed by atoms with Gasteiger partial charge in [0.2, 0.25) is 5.91 Å². The third kappa shape index (κ3) is 5.05. The molecule has 0 aromatic carbocycles. The molecule has 0 aliphatic heterocycles. The molecule has 21 heavy (non-hydrogen) atoms. The van der Waals surface area contributed by atoms with Crippen LogP contribution >= 0.6 is 34.4 Å². The molecule has 0 radical (unpaired) electrons. The van der Waals surface area contributed by atoms with Gasteiger partial charge in [-0.25, -0.2) is 4.98 Å². The number of aryl methyl sites for hydroxylation is 1. The van der Waals surface area contributed by atoms with Gasteiger partial charge in [-0.15, -0.1) is 21.5 Å². The van der Waals surface area contributed by atoms with Crippen molar-refractivity contribution >= 4 is 40.3 Å². The number of thioether (sulfide) groups is 1. The van der Waals surface area contributed by atoms with Crippen LogP contribution in [0.1, 0.15) is 36.5 Å². The quantitative estimate of drug-likeness (QED) is 0.846. The molecule has 0 saturated heterocycles. The van der Waals surface area contributed by atoms with Gasteiger partial charge in [0, 0.05) is 10.8 Å². The Morgan fingerprint density at radius 3 is 2.71 bits per heavy atom. The van der Waals surface area contributed by atoms with E-state index in [1.54, 1.807) is 11.3 Å². The molecular formula is C13H18N4OS3. The molecule has 0 atom stereocenters. The molecule has 0 aliphatic rings. The summed E-state index contributed by atoms with van der Waals surface area (Å²) < 4.78 is 0.826. The highest BCUT2D eigenvalue weighted by molar-refractivity contribution is 8.01. The maximum absolute atomic E-state index is 11.8. The summed E-state index contributed by atoms with van der Waals surface area (Å²) in [5, 5.41) is 14.7. The SMILES string of the molecule is Cc1nnc(SCC(=O)NCc2nc(C(C)(C)C)cs2)s1. The molecule has 0 aliphatic carbocycles. The Hall–Kier alpha value is -0.990. The second-order valence-electron chi connectivity index (χ2n) is 5.53. The zero-order valence-corrected chi connectivity index (χ0v) is 14.9. The third-order valence-corrected chi connectivity index (χ3v) is 5.41. The van der Waals surface area contributed by atoms with Crippen molar-refractivity contribution in [3.05, 3.63) is 21.1 Å². The predicted octanol–water partition coefficient (Wildman–Crippen LogP) is 3.01. The fourth-order valence-electron chi connectivity index (χ4n) is 1.43. The first-order valence-electron chi connectivity index (χ1n) is 6.49. The molecule has 2 heterocycles. The predicted molar refractivity (Wildman–Crippen MR) is 88.0 cm³/mol. The highest BCUT2D eigenvalue weighted by Gasteiger charge is 2.17. The van der Waals surface area contributed by atoms with E-state index in [4.69, 9.17) is 0 Å². The molecule has 0 fully saturated rings. The van der Waals surface area contributed by atoms with E-state index < -0.39 is 0 Å². The van der Waals surface area contributed by atoms with Crippen molar-refractivity contribution in [2.24, 2.45) is 0 Å². The lowest BCUT2D eigenvalue weighted by atomic mass is 9.93. The van der Waals surface area contributed by atoms with Gasteiger partial charge in [0.1, 0.15) is 10.0 Å². The highest BCUT2D eigenvalue weighted by atomic mass is 32.2. The molecule has 0 unspecified atom stereocenters. The number of amides is 1. The first-order chi connectivity index (χ1) is 9.84. The average Bonchev–Trinajstić information content (AvgIpc) is 3.02. The monoisotopic (exact) mass is 342 g/mol. The van der Waals surface area contributed by atoms with Gasteiger partial charge in [-0.2, -0.15) is 0 Å². The van der Waals surface area contributed by atoms with Crippen LogP contribution in [0.3, 0.4) is 0 Å². The molecule has 2 aromatic rings. The van der Waals surface area contributed by atoms with Crippen molar-refractivity contribution in [3.63, 3.8) is 0 Å². The molecular weight excluding hydrogens is 324 g/mol. The van der Waals surface area contributed by atoms with Crippen molar-refractivity contribution in [2.45, 2.75) is 44.0 Å². The van der Waals surface area contributed by atoms with Crippen LogP contribution in [-0.4, -0.2) is 26.8 Å². The zero-order valence-electron chi connectivity index (χ0n) is 12.5. The number of hydrogen-bond donors (Lipinski definition) is 1. The number of carbonyl (C=O) groups excluding carboxylic acids is 1. The van der Waals surface area contributed by atoms with Gasteiger partial charge in [0.05, 0.1) is 18.0 Å². The lowest BCUT2D eigenvalue weighted by molar-refractivity contribution is -0.118. The van der Waals surface area contributed by atoms with E-state index in [1.165, 1.54) is 23.1 Å². The average molecular weight is 343 g/mol. The topological polar surface area (TPSA) is 67.8 Å². The Morgan fingerprint density at radius 2 is 2.14 bits per heavy atom. The summed E-state index contributed by atoms with van der Waals surface area (Å²) in [6.45, 7) is 8.77. The van der Waals surface area contributed by atoms with Crippen LogP contribution in [0, 0.1) is 6.92 Å². The van der Waals surface area contributed by atoms with Crippen LogP contribution in [0.2, 0.25) is 0 Å². The maximum Gasteiger partial charge on any atom is 0.230 e. The number of rotatable bonds is 5. The van der Waals surface area contributed by atoms with Gasteiger partial charge < -0.3 is 5.32 Å². The Morgan fingerprint density at radius 1 is 1.38 bits per heavy atom. The van der Waals surface area contributed by atoms with Crippen molar-refractivity contribution < 1.29 is 4.79 Å². The summed E-state index contributed by atoms with van der Waals surface area (Å²) in [6, 6.07) is 0. The summed E-state index contributed by atoms with van der Waals surface area (Å²) in [5.41, 5.74) is 1.11. The van der Waals surface area contributed by atoms with Gasteiger partial charge in [-0.3, -0.25) is 4.79 Å². The van der Waals surface area contributed by atoms with Crippen molar-refractivity contribution in [1.82, 2.24) is 20.5 Å². The highest BCUT2D eigenvalue weighted by Crippen LogP contribution is 2.24. The molecule has 0 spiro atoms.